The molecule has 4 nitrogen and oxygen atoms in total. The highest BCUT2D eigenvalue weighted by molar-refractivity contribution is 5.55. The van der Waals surface area contributed by atoms with Crippen molar-refractivity contribution in [1.82, 2.24) is 4.98 Å². The topological polar surface area (TPSA) is 72.3 Å². The van der Waals surface area contributed by atoms with Gasteiger partial charge in [-0.3, -0.25) is 0 Å². The number of hydrogen-bond acceptors (Lipinski definition) is 4. The average molecular weight is 204 g/mol. The van der Waals surface area contributed by atoms with Crippen LogP contribution in [0.2, 0.25) is 0 Å². The molecule has 0 aliphatic carbocycles. The third kappa shape index (κ3) is 1.99. The predicted molar refractivity (Wildman–Crippen MR) is 56.2 cm³/mol. The second-order valence-electron chi connectivity index (χ2n) is 3.42. The Balaban J connectivity index is 2.37. The van der Waals surface area contributed by atoms with Crippen LogP contribution >= 0.6 is 0 Å². The molecule has 0 aliphatic heterocycles. The van der Waals surface area contributed by atoms with Crippen molar-refractivity contribution in [3.63, 3.8) is 0 Å². The molecule has 15 heavy (non-hydrogen) atoms. The van der Waals surface area contributed by atoms with Gasteiger partial charge in [-0.15, -0.1) is 0 Å². The molecule has 0 saturated heterocycles. The van der Waals surface area contributed by atoms with Gasteiger partial charge >= 0.3 is 0 Å². The Bertz CT molecular complexity index is 463. The number of aromatic hydroxyl groups is 1. The van der Waals surface area contributed by atoms with Gasteiger partial charge in [0.05, 0.1) is 5.69 Å². The monoisotopic (exact) mass is 204 g/mol. The molecule has 0 aliphatic rings. The highest BCUT2D eigenvalue weighted by Gasteiger charge is 2.09. The van der Waals surface area contributed by atoms with Gasteiger partial charge in [0, 0.05) is 11.6 Å². The molecule has 0 radical (unpaired) electrons. The van der Waals surface area contributed by atoms with Gasteiger partial charge in [0.1, 0.15) is 12.0 Å². The molecule has 0 spiro atoms. The first-order valence-corrected chi connectivity index (χ1v) is 4.67. The minimum atomic E-state index is -0.153. The van der Waals surface area contributed by atoms with E-state index < -0.39 is 0 Å². The molecule has 0 bridgehead atoms. The maximum atomic E-state index is 9.30. The molecule has 1 unspecified atom stereocenters. The summed E-state index contributed by atoms with van der Waals surface area (Å²) in [5, 5.41) is 9.30. The number of hydrogen-bond donors (Lipinski definition) is 2. The number of phenols is 1. The van der Waals surface area contributed by atoms with E-state index in [0.29, 0.717) is 11.6 Å². The third-order valence-corrected chi connectivity index (χ3v) is 2.08. The number of oxazole rings is 1. The van der Waals surface area contributed by atoms with Crippen molar-refractivity contribution >= 4 is 0 Å². The minimum Gasteiger partial charge on any atom is -0.508 e. The smallest absolute Gasteiger partial charge is 0.226 e. The fourth-order valence-corrected chi connectivity index (χ4v) is 1.27. The fraction of sp³-hybridized carbons (Fsp3) is 0.182. The van der Waals surface area contributed by atoms with Crippen molar-refractivity contribution in [2.45, 2.75) is 13.0 Å². The number of rotatable bonds is 2. The van der Waals surface area contributed by atoms with Crippen molar-refractivity contribution < 1.29 is 9.52 Å². The van der Waals surface area contributed by atoms with E-state index in [0.717, 1.165) is 5.56 Å². The largest absolute Gasteiger partial charge is 0.508 e. The first kappa shape index (κ1) is 9.73. The molecule has 2 aromatic rings. The molecular weight excluding hydrogens is 192 g/mol. The summed E-state index contributed by atoms with van der Waals surface area (Å²) in [6, 6.07) is 6.59. The highest BCUT2D eigenvalue weighted by atomic mass is 16.3. The average Bonchev–Trinajstić information content (AvgIpc) is 2.66. The molecular formula is C11H12N2O2. The second-order valence-corrected chi connectivity index (χ2v) is 3.42. The zero-order chi connectivity index (χ0) is 10.8. The van der Waals surface area contributed by atoms with E-state index in [9.17, 15) is 5.11 Å². The van der Waals surface area contributed by atoms with Gasteiger partial charge in [-0.25, -0.2) is 4.98 Å². The predicted octanol–water partition coefficient (Wildman–Crippen LogP) is 2.07. The summed E-state index contributed by atoms with van der Waals surface area (Å²) < 4.78 is 5.26. The van der Waals surface area contributed by atoms with Crippen LogP contribution in [0.25, 0.3) is 11.5 Å². The van der Waals surface area contributed by atoms with Gasteiger partial charge in [-0.2, -0.15) is 0 Å². The number of aromatic nitrogens is 1. The Kier molecular flexibility index (Phi) is 2.43. The zero-order valence-corrected chi connectivity index (χ0v) is 8.34. The van der Waals surface area contributed by atoms with Gasteiger partial charge in [0.15, 0.2) is 0 Å². The zero-order valence-electron chi connectivity index (χ0n) is 8.34. The van der Waals surface area contributed by atoms with Gasteiger partial charge in [-0.1, -0.05) is 6.07 Å². The quantitative estimate of drug-likeness (QED) is 0.785. The summed E-state index contributed by atoms with van der Waals surface area (Å²) in [7, 11) is 0. The summed E-state index contributed by atoms with van der Waals surface area (Å²) >= 11 is 0. The molecule has 78 valence electrons. The Hall–Kier alpha value is -1.81. The maximum Gasteiger partial charge on any atom is 0.226 e. The maximum absolute atomic E-state index is 9.30. The molecule has 3 N–H and O–H groups in total. The van der Waals surface area contributed by atoms with Crippen LogP contribution in [-0.4, -0.2) is 10.1 Å². The molecule has 0 saturated carbocycles. The minimum absolute atomic E-state index is 0.153. The van der Waals surface area contributed by atoms with Crippen LogP contribution < -0.4 is 5.73 Å². The molecule has 4 heteroatoms. The third-order valence-electron chi connectivity index (χ3n) is 2.08. The van der Waals surface area contributed by atoms with E-state index in [2.05, 4.69) is 4.98 Å². The van der Waals surface area contributed by atoms with Crippen molar-refractivity contribution in [2.75, 3.05) is 0 Å². The standard InChI is InChI=1S/C11H12N2O2/c1-7(12)10-6-15-11(13-10)8-3-2-4-9(14)5-8/h2-7,14H,12H2,1H3. The van der Waals surface area contributed by atoms with E-state index >= 15 is 0 Å². The lowest BCUT2D eigenvalue weighted by Gasteiger charge is -1.97. The lowest BCUT2D eigenvalue weighted by molar-refractivity contribution is 0.475. The van der Waals surface area contributed by atoms with Crippen LogP contribution in [0.5, 0.6) is 5.75 Å². The first-order chi connectivity index (χ1) is 7.16. The van der Waals surface area contributed by atoms with E-state index in [1.54, 1.807) is 18.2 Å². The summed E-state index contributed by atoms with van der Waals surface area (Å²) in [5.74, 6) is 0.659. The second kappa shape index (κ2) is 3.74. The van der Waals surface area contributed by atoms with Crippen molar-refractivity contribution in [1.29, 1.82) is 0 Å². The van der Waals surface area contributed by atoms with Crippen molar-refractivity contribution in [3.05, 3.63) is 36.2 Å². The van der Waals surface area contributed by atoms with Gasteiger partial charge < -0.3 is 15.3 Å². The van der Waals surface area contributed by atoms with Crippen LogP contribution in [0, 0.1) is 0 Å². The van der Waals surface area contributed by atoms with Crippen LogP contribution in [-0.2, 0) is 0 Å². The summed E-state index contributed by atoms with van der Waals surface area (Å²) in [5.41, 5.74) is 7.10. The number of benzene rings is 1. The number of phenolic OH excluding ortho intramolecular Hbond substituents is 1. The summed E-state index contributed by atoms with van der Waals surface area (Å²) in [6.45, 7) is 1.84. The van der Waals surface area contributed by atoms with Crippen molar-refractivity contribution in [3.8, 4) is 17.2 Å². The Morgan fingerprint density at radius 3 is 2.87 bits per heavy atom. The Morgan fingerprint density at radius 1 is 1.47 bits per heavy atom. The normalized spacial score (nSPS) is 12.7. The Labute approximate surface area is 87.4 Å². The Morgan fingerprint density at radius 2 is 2.27 bits per heavy atom. The molecule has 1 atom stereocenters. The van der Waals surface area contributed by atoms with E-state index in [4.69, 9.17) is 10.2 Å². The van der Waals surface area contributed by atoms with Gasteiger partial charge in [-0.05, 0) is 25.1 Å². The van der Waals surface area contributed by atoms with E-state index in [1.807, 2.05) is 13.0 Å². The van der Waals surface area contributed by atoms with Crippen LogP contribution in [0.4, 0.5) is 0 Å². The van der Waals surface area contributed by atoms with Gasteiger partial charge in [0.25, 0.3) is 0 Å². The fourth-order valence-electron chi connectivity index (χ4n) is 1.27. The van der Waals surface area contributed by atoms with Crippen molar-refractivity contribution in [2.24, 2.45) is 5.73 Å². The molecule has 0 amide bonds. The van der Waals surface area contributed by atoms with Crippen LogP contribution in [0.3, 0.4) is 0 Å². The van der Waals surface area contributed by atoms with Gasteiger partial charge in [0.2, 0.25) is 5.89 Å². The highest BCUT2D eigenvalue weighted by Crippen LogP contribution is 2.23. The summed E-state index contributed by atoms with van der Waals surface area (Å²) in [6.07, 6.45) is 1.53. The van der Waals surface area contributed by atoms with Crippen LogP contribution in [0.15, 0.2) is 34.9 Å². The summed E-state index contributed by atoms with van der Waals surface area (Å²) in [4.78, 5) is 4.22. The first-order valence-electron chi connectivity index (χ1n) is 4.67. The molecule has 1 aromatic heterocycles. The molecule has 0 fully saturated rings. The number of nitrogens with two attached hydrogens (primary N) is 1. The number of nitrogens with zero attached hydrogens (tertiary/aromatic N) is 1. The molecule has 1 aromatic carbocycles. The molecule has 1 heterocycles. The van der Waals surface area contributed by atoms with E-state index in [1.165, 1.54) is 6.26 Å². The lowest BCUT2D eigenvalue weighted by atomic mass is 10.2. The van der Waals surface area contributed by atoms with Crippen LogP contribution in [0.1, 0.15) is 18.7 Å². The molecule has 2 rings (SSSR count). The lowest BCUT2D eigenvalue weighted by Crippen LogP contribution is -2.04. The van der Waals surface area contributed by atoms with E-state index in [-0.39, 0.29) is 11.8 Å². The SMILES string of the molecule is CC(N)c1coc(-c2cccc(O)c2)n1.